The van der Waals surface area contributed by atoms with Crippen LogP contribution in [0.15, 0.2) is 42.6 Å². The van der Waals surface area contributed by atoms with E-state index in [2.05, 4.69) is 23.3 Å². The Labute approximate surface area is 158 Å². The molecule has 0 bridgehead atoms. The Bertz CT molecular complexity index is 971. The van der Waals surface area contributed by atoms with Crippen LogP contribution in [0.4, 0.5) is 0 Å². The molecule has 27 heavy (non-hydrogen) atoms. The molecule has 1 heterocycles. The molecule has 1 aromatic heterocycles. The summed E-state index contributed by atoms with van der Waals surface area (Å²) in [4.78, 5) is 10.9. The summed E-state index contributed by atoms with van der Waals surface area (Å²) in [5.41, 5.74) is 4.07. The van der Waals surface area contributed by atoms with Crippen LogP contribution in [0.2, 0.25) is 0 Å². The molecule has 5 nitrogen and oxygen atoms in total. The van der Waals surface area contributed by atoms with E-state index in [0.29, 0.717) is 6.42 Å². The molecule has 1 saturated carbocycles. The highest BCUT2D eigenvalue weighted by molar-refractivity contribution is 5.85. The van der Waals surface area contributed by atoms with Gasteiger partial charge in [0.15, 0.2) is 0 Å². The van der Waals surface area contributed by atoms with Crippen molar-refractivity contribution >= 4 is 16.9 Å². The molecule has 0 amide bonds. The number of aromatic nitrogens is 2. The largest absolute Gasteiger partial charge is 0.490 e. The number of nitrogens with zero attached hydrogens (tertiary/aromatic N) is 2. The van der Waals surface area contributed by atoms with Crippen LogP contribution < -0.4 is 4.74 Å². The van der Waals surface area contributed by atoms with Crippen LogP contribution in [0, 0.1) is 0 Å². The van der Waals surface area contributed by atoms with Gasteiger partial charge in [-0.05, 0) is 67.5 Å². The number of carboxylic acid groups (broad SMARTS) is 1. The molecule has 1 N–H and O–H groups in total. The number of rotatable bonds is 6. The second kappa shape index (κ2) is 7.43. The number of aryl methyl sites for hydroxylation is 2. The molecular weight excluding hydrogens is 340 g/mol. The molecular formula is C22H24N2O3. The van der Waals surface area contributed by atoms with Crippen molar-refractivity contribution in [1.82, 2.24) is 9.78 Å². The summed E-state index contributed by atoms with van der Waals surface area (Å²) in [5.74, 6) is 0.101. The van der Waals surface area contributed by atoms with E-state index in [0.717, 1.165) is 46.2 Å². The van der Waals surface area contributed by atoms with Gasteiger partial charge in [-0.25, -0.2) is 0 Å². The number of fused-ring (bicyclic) bond motifs is 1. The van der Waals surface area contributed by atoms with Gasteiger partial charge in [0.05, 0.1) is 11.6 Å². The first-order valence-electron chi connectivity index (χ1n) is 9.53. The Kier molecular flexibility index (Phi) is 4.84. The Balaban J connectivity index is 1.72. The van der Waals surface area contributed by atoms with E-state index < -0.39 is 5.97 Å². The molecule has 5 heteroatoms. The van der Waals surface area contributed by atoms with E-state index in [9.17, 15) is 4.79 Å². The number of ether oxygens (including phenoxy) is 1. The summed E-state index contributed by atoms with van der Waals surface area (Å²) in [6.07, 6.45) is 7.56. The van der Waals surface area contributed by atoms with Crippen LogP contribution >= 0.6 is 0 Å². The van der Waals surface area contributed by atoms with Crippen LogP contribution in [0.1, 0.15) is 37.7 Å². The molecule has 0 unspecified atom stereocenters. The predicted molar refractivity (Wildman–Crippen MR) is 105 cm³/mol. The van der Waals surface area contributed by atoms with Crippen molar-refractivity contribution in [3.63, 3.8) is 0 Å². The summed E-state index contributed by atoms with van der Waals surface area (Å²) in [6, 6.07) is 12.3. The topological polar surface area (TPSA) is 64.4 Å². The molecule has 4 rings (SSSR count). The molecule has 0 saturated heterocycles. The molecule has 1 aliphatic rings. The van der Waals surface area contributed by atoms with Gasteiger partial charge in [0.2, 0.25) is 0 Å². The SMILES string of the molecule is Cn1cc2cc(-c3cc(CCC(=O)O)ccc3OC3CCCC3)ccc2n1. The zero-order valence-electron chi connectivity index (χ0n) is 15.5. The molecule has 3 aromatic rings. The maximum atomic E-state index is 10.9. The lowest BCUT2D eigenvalue weighted by Gasteiger charge is -2.18. The summed E-state index contributed by atoms with van der Waals surface area (Å²) in [7, 11) is 1.92. The average molecular weight is 364 g/mol. The van der Waals surface area contributed by atoms with Crippen molar-refractivity contribution in [3.05, 3.63) is 48.2 Å². The summed E-state index contributed by atoms with van der Waals surface area (Å²) in [5, 5.41) is 14.5. The minimum atomic E-state index is -0.778. The van der Waals surface area contributed by atoms with Gasteiger partial charge < -0.3 is 9.84 Å². The van der Waals surface area contributed by atoms with E-state index in [4.69, 9.17) is 9.84 Å². The Morgan fingerprint density at radius 1 is 1.22 bits per heavy atom. The van der Waals surface area contributed by atoms with Gasteiger partial charge in [-0.1, -0.05) is 12.1 Å². The highest BCUT2D eigenvalue weighted by Crippen LogP contribution is 2.35. The third-order valence-electron chi connectivity index (χ3n) is 5.20. The zero-order valence-corrected chi connectivity index (χ0v) is 15.5. The van der Waals surface area contributed by atoms with Gasteiger partial charge in [0, 0.05) is 30.6 Å². The summed E-state index contributed by atoms with van der Waals surface area (Å²) < 4.78 is 8.13. The number of aliphatic carboxylic acids is 1. The summed E-state index contributed by atoms with van der Waals surface area (Å²) >= 11 is 0. The van der Waals surface area contributed by atoms with Gasteiger partial charge in [-0.3, -0.25) is 9.48 Å². The van der Waals surface area contributed by atoms with Crippen LogP contribution in [-0.4, -0.2) is 27.0 Å². The van der Waals surface area contributed by atoms with Crippen molar-refractivity contribution in [2.45, 2.75) is 44.6 Å². The fraction of sp³-hybridized carbons (Fsp3) is 0.364. The van der Waals surface area contributed by atoms with Crippen molar-refractivity contribution in [3.8, 4) is 16.9 Å². The highest BCUT2D eigenvalue weighted by atomic mass is 16.5. The molecule has 1 fully saturated rings. The predicted octanol–water partition coefficient (Wildman–Crippen LogP) is 4.58. The molecule has 0 radical (unpaired) electrons. The molecule has 0 spiro atoms. The van der Waals surface area contributed by atoms with Crippen LogP contribution in [0.3, 0.4) is 0 Å². The van der Waals surface area contributed by atoms with Crippen LogP contribution in [-0.2, 0) is 18.3 Å². The lowest BCUT2D eigenvalue weighted by atomic mass is 9.98. The van der Waals surface area contributed by atoms with E-state index in [1.54, 1.807) is 0 Å². The Morgan fingerprint density at radius 2 is 2.04 bits per heavy atom. The maximum Gasteiger partial charge on any atom is 0.303 e. The maximum absolute atomic E-state index is 10.9. The van der Waals surface area contributed by atoms with E-state index >= 15 is 0 Å². The first-order chi connectivity index (χ1) is 13.1. The van der Waals surface area contributed by atoms with Crippen molar-refractivity contribution in [2.24, 2.45) is 7.05 Å². The quantitative estimate of drug-likeness (QED) is 0.695. The van der Waals surface area contributed by atoms with E-state index in [1.807, 2.05) is 36.1 Å². The van der Waals surface area contributed by atoms with E-state index in [1.165, 1.54) is 12.8 Å². The van der Waals surface area contributed by atoms with Gasteiger partial charge in [0.25, 0.3) is 0 Å². The molecule has 2 aromatic carbocycles. The number of hydrogen-bond donors (Lipinski definition) is 1. The molecule has 0 aliphatic heterocycles. The first-order valence-corrected chi connectivity index (χ1v) is 9.53. The second-order valence-electron chi connectivity index (χ2n) is 7.32. The van der Waals surface area contributed by atoms with Crippen LogP contribution in [0.5, 0.6) is 5.75 Å². The van der Waals surface area contributed by atoms with Crippen molar-refractivity contribution in [1.29, 1.82) is 0 Å². The van der Waals surface area contributed by atoms with Gasteiger partial charge in [0.1, 0.15) is 5.75 Å². The third kappa shape index (κ3) is 3.97. The van der Waals surface area contributed by atoms with Crippen molar-refractivity contribution in [2.75, 3.05) is 0 Å². The first kappa shape index (κ1) is 17.6. The van der Waals surface area contributed by atoms with Crippen molar-refractivity contribution < 1.29 is 14.6 Å². The van der Waals surface area contributed by atoms with E-state index in [-0.39, 0.29) is 12.5 Å². The van der Waals surface area contributed by atoms with Crippen LogP contribution in [0.25, 0.3) is 22.0 Å². The molecule has 140 valence electrons. The van der Waals surface area contributed by atoms with Gasteiger partial charge >= 0.3 is 5.97 Å². The Hall–Kier alpha value is -2.82. The zero-order chi connectivity index (χ0) is 18.8. The standard InChI is InChI=1S/C22H24N2O3/c1-24-14-17-13-16(8-9-20(17)23-24)19-12-15(7-11-22(25)26)6-10-21(19)27-18-4-2-3-5-18/h6,8-10,12-14,18H,2-5,7,11H2,1H3,(H,25,26). The Morgan fingerprint density at radius 3 is 2.81 bits per heavy atom. The molecule has 1 aliphatic carbocycles. The fourth-order valence-electron chi connectivity index (χ4n) is 3.81. The number of benzene rings is 2. The number of carboxylic acids is 1. The lowest BCUT2D eigenvalue weighted by Crippen LogP contribution is -2.11. The van der Waals surface area contributed by atoms with Gasteiger partial charge in [-0.15, -0.1) is 0 Å². The monoisotopic (exact) mass is 364 g/mol. The smallest absolute Gasteiger partial charge is 0.303 e. The minimum absolute atomic E-state index is 0.129. The number of carbonyl (C=O) groups is 1. The summed E-state index contributed by atoms with van der Waals surface area (Å²) in [6.45, 7) is 0. The lowest BCUT2D eigenvalue weighted by molar-refractivity contribution is -0.136. The average Bonchev–Trinajstić information content (AvgIpc) is 3.28. The highest BCUT2D eigenvalue weighted by Gasteiger charge is 2.19. The molecule has 0 atom stereocenters. The number of hydrogen-bond acceptors (Lipinski definition) is 3. The van der Waals surface area contributed by atoms with Gasteiger partial charge in [-0.2, -0.15) is 5.10 Å². The fourth-order valence-corrected chi connectivity index (χ4v) is 3.81. The third-order valence-corrected chi connectivity index (χ3v) is 5.20. The second-order valence-corrected chi connectivity index (χ2v) is 7.32. The minimum Gasteiger partial charge on any atom is -0.490 e. The normalized spacial score (nSPS) is 14.7.